The SMILES string of the molecule is CC[C@H](C)[C@H](NC(=O)[C@@H]1CCCN1C(=O)[C@@H]1CSSC[C@H](N)C(=O)N[C@@H](Cc2ccc(O)cc2)C(=O)N[C@@H]([C@@H](C)CC)C(=O)N[C@@H](CO)C(=O)N[C@@H](CC(N)=O)C(=O)N1)C(=O)CCC(N)=O. The number of nitrogens with two attached hydrogens (primary N) is 3. The highest BCUT2D eigenvalue weighted by Gasteiger charge is 2.41. The first-order chi connectivity index (χ1) is 31.2. The van der Waals surface area contributed by atoms with Gasteiger partial charge in [-0.15, -0.1) is 0 Å². The number of hydrogen-bond acceptors (Lipinski definition) is 15. The number of aliphatic hydroxyl groups excluding tert-OH is 1. The maximum Gasteiger partial charge on any atom is 0.246 e. The van der Waals surface area contributed by atoms with Crippen LogP contribution in [0.25, 0.3) is 0 Å². The van der Waals surface area contributed by atoms with Crippen LogP contribution < -0.4 is 49.1 Å². The summed E-state index contributed by atoms with van der Waals surface area (Å²) in [7, 11) is 2.07. The minimum atomic E-state index is -1.73. The van der Waals surface area contributed by atoms with Gasteiger partial charge < -0.3 is 64.2 Å². The molecule has 2 aliphatic heterocycles. The molecule has 3 rings (SSSR count). The quantitative estimate of drug-likeness (QED) is 0.0754. The van der Waals surface area contributed by atoms with Gasteiger partial charge in [-0.2, -0.15) is 0 Å². The monoisotopic (exact) mass is 964 g/mol. The molecule has 0 unspecified atom stereocenters. The number of primary amides is 2. The van der Waals surface area contributed by atoms with Crippen LogP contribution in [0.4, 0.5) is 0 Å². The van der Waals surface area contributed by atoms with Crippen molar-refractivity contribution in [2.24, 2.45) is 29.0 Å². The number of ketones is 1. The summed E-state index contributed by atoms with van der Waals surface area (Å²) in [6.45, 7) is 6.05. The van der Waals surface area contributed by atoms with Crippen LogP contribution in [0.1, 0.15) is 78.2 Å². The van der Waals surface area contributed by atoms with Crippen molar-refractivity contribution in [3.05, 3.63) is 29.8 Å². The van der Waals surface area contributed by atoms with Gasteiger partial charge in [0.25, 0.3) is 0 Å². The first kappa shape index (κ1) is 54.9. The second kappa shape index (κ2) is 26.6. The van der Waals surface area contributed by atoms with Crippen molar-refractivity contribution in [2.75, 3.05) is 24.7 Å². The van der Waals surface area contributed by atoms with E-state index < -0.39 is 126 Å². The highest BCUT2D eigenvalue weighted by atomic mass is 33.1. The molecular weight excluding hydrogens is 901 g/mol. The number of aromatic hydroxyl groups is 1. The number of carbonyl (C=O) groups is 10. The molecule has 2 heterocycles. The lowest BCUT2D eigenvalue weighted by Crippen LogP contribution is -2.62. The van der Waals surface area contributed by atoms with E-state index in [1.165, 1.54) is 17.0 Å². The summed E-state index contributed by atoms with van der Waals surface area (Å²) in [5.74, 6) is -9.32. The number of phenols is 1. The van der Waals surface area contributed by atoms with Crippen molar-refractivity contribution in [2.45, 2.75) is 127 Å². The number of carbonyl (C=O) groups excluding carboxylic acids is 10. The third kappa shape index (κ3) is 16.5. The van der Waals surface area contributed by atoms with Gasteiger partial charge in [-0.05, 0) is 42.4 Å². The summed E-state index contributed by atoms with van der Waals surface area (Å²) < 4.78 is 0. The van der Waals surface area contributed by atoms with Gasteiger partial charge in [-0.25, -0.2) is 0 Å². The minimum absolute atomic E-state index is 0.0377. The van der Waals surface area contributed by atoms with E-state index in [0.717, 1.165) is 21.6 Å². The Bertz CT molecular complexity index is 1930. The van der Waals surface area contributed by atoms with Gasteiger partial charge in [0.15, 0.2) is 5.78 Å². The molecule has 66 heavy (non-hydrogen) atoms. The lowest BCUT2D eigenvalue weighted by molar-refractivity contribution is -0.142. The van der Waals surface area contributed by atoms with E-state index in [4.69, 9.17) is 17.2 Å². The summed E-state index contributed by atoms with van der Waals surface area (Å²) in [5, 5.41) is 35.4. The minimum Gasteiger partial charge on any atom is -0.508 e. The van der Waals surface area contributed by atoms with E-state index in [2.05, 4.69) is 31.9 Å². The number of benzene rings is 1. The van der Waals surface area contributed by atoms with Gasteiger partial charge in [-0.1, -0.05) is 74.3 Å². The molecule has 0 aliphatic carbocycles. The number of likely N-dealkylation sites (tertiary alicyclic amines) is 1. The average Bonchev–Trinajstić information content (AvgIpc) is 3.78. The van der Waals surface area contributed by atoms with Crippen molar-refractivity contribution in [3.63, 3.8) is 0 Å². The summed E-state index contributed by atoms with van der Waals surface area (Å²) in [5.41, 5.74) is 17.5. The molecule has 0 spiro atoms. The third-order valence-corrected chi connectivity index (χ3v) is 13.9. The van der Waals surface area contributed by atoms with Gasteiger partial charge in [-0.3, -0.25) is 47.9 Å². The number of hydrogen-bond donors (Lipinski definition) is 11. The number of phenolic OH excluding ortho intramolecular Hbond substituents is 1. The maximum atomic E-state index is 14.4. The molecule has 1 aromatic rings. The predicted octanol–water partition coefficient (Wildman–Crippen LogP) is -2.65. The van der Waals surface area contributed by atoms with Crippen molar-refractivity contribution in [1.82, 2.24) is 36.8 Å². The molecule has 14 N–H and O–H groups in total. The molecule has 24 heteroatoms. The fourth-order valence-electron chi connectivity index (χ4n) is 7.14. The van der Waals surface area contributed by atoms with Crippen molar-refractivity contribution in [1.29, 1.82) is 0 Å². The molecule has 2 saturated heterocycles. The Morgan fingerprint density at radius 2 is 1.39 bits per heavy atom. The molecular formula is C42H64N10O12S2. The molecule has 0 radical (unpaired) electrons. The Morgan fingerprint density at radius 3 is 2.00 bits per heavy atom. The molecule has 366 valence electrons. The molecule has 0 saturated carbocycles. The normalized spacial score (nSPS) is 25.4. The highest BCUT2D eigenvalue weighted by molar-refractivity contribution is 8.76. The smallest absolute Gasteiger partial charge is 0.246 e. The highest BCUT2D eigenvalue weighted by Crippen LogP contribution is 2.26. The zero-order valence-corrected chi connectivity index (χ0v) is 39.2. The molecule has 1 aromatic carbocycles. The second-order valence-corrected chi connectivity index (χ2v) is 19.1. The van der Waals surface area contributed by atoms with E-state index in [-0.39, 0.29) is 55.4 Å². The van der Waals surface area contributed by atoms with Crippen LogP contribution in [0.15, 0.2) is 24.3 Å². The summed E-state index contributed by atoms with van der Waals surface area (Å²) >= 11 is 0. The van der Waals surface area contributed by atoms with Crippen LogP contribution in [0.3, 0.4) is 0 Å². The first-order valence-corrected chi connectivity index (χ1v) is 24.3. The van der Waals surface area contributed by atoms with Crippen LogP contribution in [-0.4, -0.2) is 147 Å². The molecule has 9 amide bonds. The molecule has 0 aromatic heterocycles. The lowest BCUT2D eigenvalue weighted by Gasteiger charge is -2.31. The van der Waals surface area contributed by atoms with Crippen LogP contribution in [0.5, 0.6) is 5.75 Å². The standard InChI is InChI=1S/C42H64N10O12S2/c1-5-21(3)34(31(55)13-14-32(44)56)50-40(62)30-8-7-15-52(30)42(64)29-20-66-65-19-25(43)36(58)46-26(16-23-9-11-24(54)12-10-23)38(60)51-35(22(4)6-2)41(63)48-28(18-53)39(61)47-27(17-33(45)57)37(59)49-29/h9-12,21-22,25-30,34-35,53-54H,5-8,13-20,43H2,1-4H3,(H2,44,56)(H2,45,57)(H,46,58)(H,47,61)(H,48,63)(H,49,59)(H,50,62)(H,51,60)/t21-,22-,25-,26-,27-,28-,29-,30-,34-,35-/m0/s1. The van der Waals surface area contributed by atoms with E-state index in [1.54, 1.807) is 32.9 Å². The molecule has 2 aliphatic rings. The Hall–Kier alpha value is -5.46. The Labute approximate surface area is 390 Å². The maximum absolute atomic E-state index is 14.4. The zero-order chi connectivity index (χ0) is 49.2. The third-order valence-electron chi connectivity index (χ3n) is 11.5. The van der Waals surface area contributed by atoms with Gasteiger partial charge in [0.1, 0.15) is 42.0 Å². The van der Waals surface area contributed by atoms with E-state index in [9.17, 15) is 58.2 Å². The van der Waals surface area contributed by atoms with Gasteiger partial charge >= 0.3 is 0 Å². The summed E-state index contributed by atoms with van der Waals surface area (Å²) in [6.07, 6.45) is 0.137. The van der Waals surface area contributed by atoms with Crippen LogP contribution in [0, 0.1) is 11.8 Å². The number of nitrogens with zero attached hydrogens (tertiary/aromatic N) is 1. The summed E-state index contributed by atoms with van der Waals surface area (Å²) in [4.78, 5) is 135. The number of rotatable bonds is 16. The Balaban J connectivity index is 2.00. The number of Topliss-reactive ketones (excluding diaryl/α,β-unsaturated/α-hetero) is 1. The first-order valence-electron chi connectivity index (χ1n) is 21.8. The Morgan fingerprint density at radius 1 is 0.788 bits per heavy atom. The second-order valence-electron chi connectivity index (χ2n) is 16.5. The van der Waals surface area contributed by atoms with Crippen molar-refractivity contribution >= 4 is 80.5 Å². The topological polar surface area (TPSA) is 365 Å². The average molecular weight is 965 g/mol. The fraction of sp³-hybridized carbons (Fsp3) is 0.619. The number of amides is 9. The lowest BCUT2D eigenvalue weighted by atomic mass is 9.92. The fourth-order valence-corrected chi connectivity index (χ4v) is 9.42. The van der Waals surface area contributed by atoms with E-state index in [0.29, 0.717) is 24.8 Å². The van der Waals surface area contributed by atoms with Crippen LogP contribution in [-0.2, 0) is 54.4 Å². The molecule has 0 bridgehead atoms. The largest absolute Gasteiger partial charge is 0.508 e. The van der Waals surface area contributed by atoms with Crippen LogP contribution in [0.2, 0.25) is 0 Å². The van der Waals surface area contributed by atoms with E-state index in [1.807, 2.05) is 6.92 Å². The number of nitrogens with one attached hydrogen (secondary N) is 6. The van der Waals surface area contributed by atoms with E-state index >= 15 is 0 Å². The Kier molecular flexibility index (Phi) is 22.1. The van der Waals surface area contributed by atoms with Crippen molar-refractivity contribution < 1.29 is 58.2 Å². The molecule has 2 fully saturated rings. The van der Waals surface area contributed by atoms with Gasteiger partial charge in [0.05, 0.1) is 25.1 Å². The van der Waals surface area contributed by atoms with Crippen molar-refractivity contribution in [3.8, 4) is 5.75 Å². The van der Waals surface area contributed by atoms with Crippen LogP contribution >= 0.6 is 21.6 Å². The predicted molar refractivity (Wildman–Crippen MR) is 244 cm³/mol. The molecule has 22 nitrogen and oxygen atoms in total. The molecule has 10 atom stereocenters. The summed E-state index contributed by atoms with van der Waals surface area (Å²) in [6, 6.07) is -4.92. The zero-order valence-electron chi connectivity index (χ0n) is 37.5. The van der Waals surface area contributed by atoms with Gasteiger partial charge in [0, 0.05) is 37.3 Å². The number of aliphatic hydroxyl groups is 1. The van der Waals surface area contributed by atoms with Gasteiger partial charge in [0.2, 0.25) is 53.2 Å².